The van der Waals surface area contributed by atoms with Crippen LogP contribution in [0.4, 0.5) is 5.69 Å². The van der Waals surface area contributed by atoms with Crippen molar-refractivity contribution in [2.45, 2.75) is 47.8 Å². The topological polar surface area (TPSA) is 65.4 Å². The zero-order valence-corrected chi connectivity index (χ0v) is 21.8. The van der Waals surface area contributed by atoms with Gasteiger partial charge in [0.2, 0.25) is 0 Å². The summed E-state index contributed by atoms with van der Waals surface area (Å²) in [5.74, 6) is 1.29. The largest absolute Gasteiger partial charge is 0.496 e. The van der Waals surface area contributed by atoms with E-state index in [2.05, 4.69) is 35.5 Å². The van der Waals surface area contributed by atoms with E-state index >= 15 is 0 Å². The first-order valence-corrected chi connectivity index (χ1v) is 12.0. The number of amides is 1. The maximum absolute atomic E-state index is 13.2. The van der Waals surface area contributed by atoms with Crippen LogP contribution < -0.4 is 14.8 Å². The van der Waals surface area contributed by atoms with Crippen molar-refractivity contribution in [1.82, 2.24) is 9.78 Å². The predicted molar refractivity (Wildman–Crippen MR) is 143 cm³/mol. The fourth-order valence-corrected chi connectivity index (χ4v) is 4.22. The highest BCUT2D eigenvalue weighted by atomic mass is 16.5. The van der Waals surface area contributed by atoms with Crippen LogP contribution in [0.1, 0.15) is 49.6 Å². The lowest BCUT2D eigenvalue weighted by molar-refractivity contribution is 0.102. The van der Waals surface area contributed by atoms with Crippen LogP contribution in [0.25, 0.3) is 0 Å². The highest BCUT2D eigenvalue weighted by Crippen LogP contribution is 2.26. The number of rotatable bonds is 8. The number of ether oxygens (including phenoxy) is 2. The van der Waals surface area contributed by atoms with Crippen LogP contribution >= 0.6 is 0 Å². The Kier molecular flexibility index (Phi) is 7.44. The van der Waals surface area contributed by atoms with E-state index in [1.54, 1.807) is 19.2 Å². The third-order valence-corrected chi connectivity index (χ3v) is 6.47. The van der Waals surface area contributed by atoms with Crippen LogP contribution in [0, 0.1) is 34.6 Å². The number of carbonyl (C=O) groups is 1. The molecule has 0 aliphatic carbocycles. The lowest BCUT2D eigenvalue weighted by atomic mass is 10.1. The maximum atomic E-state index is 13.2. The second-order valence-corrected chi connectivity index (χ2v) is 9.17. The Hall–Kier alpha value is -4.06. The third-order valence-electron chi connectivity index (χ3n) is 6.47. The molecule has 36 heavy (non-hydrogen) atoms. The van der Waals surface area contributed by atoms with Gasteiger partial charge in [0.25, 0.3) is 5.91 Å². The summed E-state index contributed by atoms with van der Waals surface area (Å²) in [5, 5.41) is 7.75. The number of nitrogens with zero attached hydrogens (tertiary/aromatic N) is 2. The van der Waals surface area contributed by atoms with Crippen LogP contribution in [0.5, 0.6) is 11.5 Å². The normalized spacial score (nSPS) is 10.8. The molecule has 186 valence electrons. The highest BCUT2D eigenvalue weighted by Gasteiger charge is 2.17. The van der Waals surface area contributed by atoms with Gasteiger partial charge in [0, 0.05) is 11.1 Å². The quantitative estimate of drug-likeness (QED) is 0.319. The number of aromatic nitrogens is 2. The zero-order chi connectivity index (χ0) is 25.8. The molecule has 0 radical (unpaired) electrons. The van der Waals surface area contributed by atoms with Crippen molar-refractivity contribution in [2.24, 2.45) is 0 Å². The summed E-state index contributed by atoms with van der Waals surface area (Å²) >= 11 is 0. The SMILES string of the molecule is COc1ccc(C(=O)Nc2c(C)nn(Cc3ccccc3C)c2C)cc1COc1cc(C)ccc1C. The Morgan fingerprint density at radius 2 is 1.67 bits per heavy atom. The van der Waals surface area contributed by atoms with Crippen molar-refractivity contribution >= 4 is 11.6 Å². The van der Waals surface area contributed by atoms with Gasteiger partial charge in [0.1, 0.15) is 18.1 Å². The molecule has 0 saturated heterocycles. The lowest BCUT2D eigenvalue weighted by Gasteiger charge is -2.14. The molecule has 1 amide bonds. The van der Waals surface area contributed by atoms with E-state index in [1.807, 2.05) is 62.7 Å². The number of carbonyl (C=O) groups excluding carboxylic acids is 1. The van der Waals surface area contributed by atoms with E-state index in [0.717, 1.165) is 39.5 Å². The highest BCUT2D eigenvalue weighted by molar-refractivity contribution is 6.05. The van der Waals surface area contributed by atoms with Crippen LogP contribution in [0.15, 0.2) is 60.7 Å². The average molecular weight is 484 g/mol. The van der Waals surface area contributed by atoms with Gasteiger partial charge in [-0.05, 0) is 81.1 Å². The van der Waals surface area contributed by atoms with Gasteiger partial charge >= 0.3 is 0 Å². The molecule has 1 heterocycles. The summed E-state index contributed by atoms with van der Waals surface area (Å²) in [5.41, 5.74) is 8.35. The molecular weight excluding hydrogens is 450 g/mol. The van der Waals surface area contributed by atoms with Crippen LogP contribution in [-0.4, -0.2) is 22.8 Å². The van der Waals surface area contributed by atoms with Crippen molar-refractivity contribution in [1.29, 1.82) is 0 Å². The van der Waals surface area contributed by atoms with Gasteiger partial charge < -0.3 is 14.8 Å². The molecule has 0 bridgehead atoms. The van der Waals surface area contributed by atoms with E-state index in [4.69, 9.17) is 9.47 Å². The first-order chi connectivity index (χ1) is 17.3. The van der Waals surface area contributed by atoms with Crippen molar-refractivity contribution in [3.8, 4) is 11.5 Å². The molecule has 4 rings (SSSR count). The summed E-state index contributed by atoms with van der Waals surface area (Å²) in [4.78, 5) is 13.2. The molecule has 6 heteroatoms. The summed E-state index contributed by atoms with van der Waals surface area (Å²) in [6, 6.07) is 19.7. The Bertz CT molecular complexity index is 1400. The number of benzene rings is 3. The zero-order valence-electron chi connectivity index (χ0n) is 21.8. The molecule has 6 nitrogen and oxygen atoms in total. The van der Waals surface area contributed by atoms with E-state index < -0.39 is 0 Å². The van der Waals surface area contributed by atoms with Gasteiger partial charge in [0.05, 0.1) is 30.7 Å². The van der Waals surface area contributed by atoms with Gasteiger partial charge in [0.15, 0.2) is 0 Å². The van der Waals surface area contributed by atoms with E-state index in [-0.39, 0.29) is 5.91 Å². The number of hydrogen-bond acceptors (Lipinski definition) is 4. The summed E-state index contributed by atoms with van der Waals surface area (Å²) in [7, 11) is 1.62. The second-order valence-electron chi connectivity index (χ2n) is 9.17. The van der Waals surface area contributed by atoms with Crippen LogP contribution in [-0.2, 0) is 13.2 Å². The standard InChI is InChI=1S/C30H33N3O3/c1-19-11-12-21(3)28(15-19)36-18-26-16-24(13-14-27(26)35-6)30(34)31-29-22(4)32-33(23(29)5)17-25-10-8-7-9-20(25)2/h7-16H,17-18H2,1-6H3,(H,31,34). The summed E-state index contributed by atoms with van der Waals surface area (Å²) < 4.78 is 13.5. The number of anilines is 1. The molecule has 3 aromatic carbocycles. The number of methoxy groups -OCH3 is 1. The van der Waals surface area contributed by atoms with E-state index in [9.17, 15) is 4.79 Å². The summed E-state index contributed by atoms with van der Waals surface area (Å²) in [6.07, 6.45) is 0. The smallest absolute Gasteiger partial charge is 0.255 e. The molecule has 0 aliphatic heterocycles. The molecule has 0 atom stereocenters. The van der Waals surface area contributed by atoms with Crippen LogP contribution in [0.2, 0.25) is 0 Å². The van der Waals surface area contributed by atoms with Crippen molar-refractivity contribution in [3.05, 3.63) is 105 Å². The first-order valence-electron chi connectivity index (χ1n) is 12.0. The number of aryl methyl sites for hydroxylation is 4. The lowest BCUT2D eigenvalue weighted by Crippen LogP contribution is -2.14. The fourth-order valence-electron chi connectivity index (χ4n) is 4.22. The molecule has 0 fully saturated rings. The minimum Gasteiger partial charge on any atom is -0.496 e. The third kappa shape index (κ3) is 5.43. The van der Waals surface area contributed by atoms with Gasteiger partial charge in [-0.1, -0.05) is 36.4 Å². The Balaban J connectivity index is 1.53. The van der Waals surface area contributed by atoms with Gasteiger partial charge in [-0.25, -0.2) is 0 Å². The minimum atomic E-state index is -0.202. The minimum absolute atomic E-state index is 0.202. The maximum Gasteiger partial charge on any atom is 0.255 e. The molecule has 0 aliphatic rings. The molecule has 4 aromatic rings. The van der Waals surface area contributed by atoms with Gasteiger partial charge in [-0.2, -0.15) is 5.10 Å². The predicted octanol–water partition coefficient (Wildman–Crippen LogP) is 6.31. The number of nitrogens with one attached hydrogen (secondary N) is 1. The first kappa shape index (κ1) is 25.0. The van der Waals surface area contributed by atoms with Crippen LogP contribution in [0.3, 0.4) is 0 Å². The average Bonchev–Trinajstić information content (AvgIpc) is 3.13. The Morgan fingerprint density at radius 3 is 2.42 bits per heavy atom. The van der Waals surface area contributed by atoms with Crippen molar-refractivity contribution < 1.29 is 14.3 Å². The fraction of sp³-hybridized carbons (Fsp3) is 0.267. The van der Waals surface area contributed by atoms with Crippen molar-refractivity contribution in [3.63, 3.8) is 0 Å². The Labute approximate surface area is 212 Å². The molecular formula is C30H33N3O3. The number of hydrogen-bond donors (Lipinski definition) is 1. The van der Waals surface area contributed by atoms with E-state index in [0.29, 0.717) is 24.5 Å². The van der Waals surface area contributed by atoms with Crippen molar-refractivity contribution in [2.75, 3.05) is 12.4 Å². The molecule has 1 N–H and O–H groups in total. The molecule has 0 spiro atoms. The van der Waals surface area contributed by atoms with Gasteiger partial charge in [-0.15, -0.1) is 0 Å². The van der Waals surface area contributed by atoms with Gasteiger partial charge in [-0.3, -0.25) is 9.48 Å². The molecule has 0 saturated carbocycles. The summed E-state index contributed by atoms with van der Waals surface area (Å²) in [6.45, 7) is 11.0. The van der Waals surface area contributed by atoms with E-state index in [1.165, 1.54) is 11.1 Å². The molecule has 1 aromatic heterocycles. The Morgan fingerprint density at radius 1 is 0.889 bits per heavy atom. The second kappa shape index (κ2) is 10.7. The monoisotopic (exact) mass is 483 g/mol. The molecule has 0 unspecified atom stereocenters.